The molecule has 9 heavy (non-hydrogen) atoms. The van der Waals surface area contributed by atoms with Crippen molar-refractivity contribution in [1.29, 1.82) is 0 Å². The van der Waals surface area contributed by atoms with Gasteiger partial charge in [0, 0.05) is 6.04 Å². The van der Waals surface area contributed by atoms with Crippen LogP contribution < -0.4 is 5.73 Å². The highest BCUT2D eigenvalue weighted by Gasteiger charge is 2.19. The van der Waals surface area contributed by atoms with Crippen LogP contribution in [-0.4, -0.2) is 6.04 Å². The summed E-state index contributed by atoms with van der Waals surface area (Å²) in [4.78, 5) is 0. The third-order valence-corrected chi connectivity index (χ3v) is 2.14. The number of hydrogen-bond acceptors (Lipinski definition) is 1. The summed E-state index contributed by atoms with van der Waals surface area (Å²) >= 11 is 0. The Morgan fingerprint density at radius 3 is 1.78 bits per heavy atom. The summed E-state index contributed by atoms with van der Waals surface area (Å²) in [5.74, 6) is 0. The number of hydrogen-bond donors (Lipinski definition) is 1. The van der Waals surface area contributed by atoms with Gasteiger partial charge >= 0.3 is 0 Å². The predicted molar refractivity (Wildman–Crippen MR) is 45.0 cm³/mol. The van der Waals surface area contributed by atoms with Crippen LogP contribution in [0.5, 0.6) is 0 Å². The molecule has 0 saturated heterocycles. The van der Waals surface area contributed by atoms with Crippen molar-refractivity contribution in [2.24, 2.45) is 11.1 Å². The van der Waals surface area contributed by atoms with Crippen LogP contribution in [0.1, 0.15) is 34.1 Å². The molecule has 0 bridgehead atoms. The van der Waals surface area contributed by atoms with Crippen molar-refractivity contribution < 1.29 is 0 Å². The molecule has 0 aromatic heterocycles. The molecule has 1 atom stereocenters. The molecule has 0 aromatic rings. The van der Waals surface area contributed by atoms with Crippen LogP contribution in [0.3, 0.4) is 0 Å². The van der Waals surface area contributed by atoms with Crippen LogP contribution in [0.4, 0.5) is 0 Å². The minimum absolute atomic E-state index is 0. The van der Waals surface area contributed by atoms with Crippen LogP contribution >= 0.6 is 12.4 Å². The van der Waals surface area contributed by atoms with E-state index >= 15 is 0 Å². The highest BCUT2D eigenvalue weighted by molar-refractivity contribution is 5.85. The lowest BCUT2D eigenvalue weighted by molar-refractivity contribution is 0.290. The highest BCUT2D eigenvalue weighted by atomic mass is 35.5. The van der Waals surface area contributed by atoms with E-state index in [2.05, 4.69) is 27.7 Å². The molecule has 0 aliphatic heterocycles. The number of halogens is 1. The van der Waals surface area contributed by atoms with Gasteiger partial charge in [-0.05, 0) is 18.8 Å². The van der Waals surface area contributed by atoms with Crippen molar-refractivity contribution in [3.63, 3.8) is 0 Å². The van der Waals surface area contributed by atoms with E-state index in [1.165, 1.54) is 0 Å². The summed E-state index contributed by atoms with van der Waals surface area (Å²) in [5.41, 5.74) is 6.00. The largest absolute Gasteiger partial charge is 0.327 e. The molecule has 2 N–H and O–H groups in total. The summed E-state index contributed by atoms with van der Waals surface area (Å²) < 4.78 is 0. The molecule has 0 aliphatic carbocycles. The third kappa shape index (κ3) is 3.77. The van der Waals surface area contributed by atoms with Gasteiger partial charge in [0.25, 0.3) is 0 Å². The first-order valence-corrected chi connectivity index (χ1v) is 3.26. The molecule has 0 radical (unpaired) electrons. The predicted octanol–water partition coefficient (Wildman–Crippen LogP) is 2.19. The van der Waals surface area contributed by atoms with Crippen molar-refractivity contribution in [3.05, 3.63) is 0 Å². The lowest BCUT2D eigenvalue weighted by atomic mass is 9.84. The van der Waals surface area contributed by atoms with Gasteiger partial charge < -0.3 is 5.73 Å². The van der Waals surface area contributed by atoms with E-state index in [0.29, 0.717) is 11.5 Å². The standard InChI is InChI=1S/C7H17N.ClH/c1-5-7(3,4)6(2)8;/h6H,5,8H2,1-4H3;1H/t6-;/m1./s1. The number of nitrogens with two attached hydrogens (primary N) is 1. The molecule has 0 saturated carbocycles. The van der Waals surface area contributed by atoms with Crippen molar-refractivity contribution >= 4 is 12.4 Å². The van der Waals surface area contributed by atoms with E-state index in [-0.39, 0.29) is 12.4 Å². The van der Waals surface area contributed by atoms with Gasteiger partial charge in [-0.15, -0.1) is 12.4 Å². The monoisotopic (exact) mass is 151 g/mol. The first-order chi connectivity index (χ1) is 3.50. The molecule has 0 amide bonds. The summed E-state index contributed by atoms with van der Waals surface area (Å²) in [6, 6.07) is 0.312. The Morgan fingerprint density at radius 2 is 1.78 bits per heavy atom. The smallest absolute Gasteiger partial charge is 0.00616 e. The first-order valence-electron chi connectivity index (χ1n) is 3.26. The maximum absolute atomic E-state index is 5.68. The second-order valence-corrected chi connectivity index (χ2v) is 3.13. The Hall–Kier alpha value is 0.250. The topological polar surface area (TPSA) is 26.0 Å². The third-order valence-electron chi connectivity index (χ3n) is 2.14. The fourth-order valence-corrected chi connectivity index (χ4v) is 0.322. The molecule has 0 unspecified atom stereocenters. The van der Waals surface area contributed by atoms with Gasteiger partial charge in [0.1, 0.15) is 0 Å². The Labute approximate surface area is 64.4 Å². The van der Waals surface area contributed by atoms with Gasteiger partial charge in [0.15, 0.2) is 0 Å². The van der Waals surface area contributed by atoms with Crippen molar-refractivity contribution in [3.8, 4) is 0 Å². The SMILES string of the molecule is CCC(C)(C)[C@@H](C)N.Cl. The molecule has 0 aliphatic rings. The molecule has 0 spiro atoms. The molecule has 0 heterocycles. The van der Waals surface area contributed by atoms with E-state index in [1.54, 1.807) is 0 Å². The van der Waals surface area contributed by atoms with E-state index < -0.39 is 0 Å². The molecule has 0 fully saturated rings. The van der Waals surface area contributed by atoms with E-state index in [1.807, 2.05) is 0 Å². The zero-order chi connectivity index (χ0) is 6.78. The maximum atomic E-state index is 5.68. The van der Waals surface area contributed by atoms with Gasteiger partial charge in [-0.2, -0.15) is 0 Å². The molecule has 58 valence electrons. The summed E-state index contributed by atoms with van der Waals surface area (Å²) in [6.07, 6.45) is 1.16. The Morgan fingerprint density at radius 1 is 1.44 bits per heavy atom. The van der Waals surface area contributed by atoms with Gasteiger partial charge in [0.05, 0.1) is 0 Å². The second-order valence-electron chi connectivity index (χ2n) is 3.13. The zero-order valence-electron chi connectivity index (χ0n) is 6.77. The fourth-order valence-electron chi connectivity index (χ4n) is 0.322. The second kappa shape index (κ2) is 4.13. The fraction of sp³-hybridized carbons (Fsp3) is 1.00. The summed E-state index contributed by atoms with van der Waals surface area (Å²) in [6.45, 7) is 8.61. The molecule has 0 aromatic carbocycles. The maximum Gasteiger partial charge on any atom is 0.00616 e. The lowest BCUT2D eigenvalue weighted by Gasteiger charge is -2.26. The van der Waals surface area contributed by atoms with E-state index in [0.717, 1.165) is 6.42 Å². The average molecular weight is 152 g/mol. The molecule has 1 nitrogen and oxygen atoms in total. The van der Waals surface area contributed by atoms with Gasteiger partial charge in [-0.1, -0.05) is 20.8 Å². The Balaban J connectivity index is 0. The van der Waals surface area contributed by atoms with Crippen LogP contribution in [0.15, 0.2) is 0 Å². The van der Waals surface area contributed by atoms with Crippen LogP contribution in [0.2, 0.25) is 0 Å². The quantitative estimate of drug-likeness (QED) is 0.644. The van der Waals surface area contributed by atoms with Crippen LogP contribution in [0, 0.1) is 5.41 Å². The van der Waals surface area contributed by atoms with Crippen molar-refractivity contribution in [1.82, 2.24) is 0 Å². The molecule has 2 heteroatoms. The van der Waals surface area contributed by atoms with Crippen molar-refractivity contribution in [2.75, 3.05) is 0 Å². The number of rotatable bonds is 2. The van der Waals surface area contributed by atoms with E-state index in [9.17, 15) is 0 Å². The average Bonchev–Trinajstić information content (AvgIpc) is 1.67. The van der Waals surface area contributed by atoms with E-state index in [4.69, 9.17) is 5.73 Å². The first kappa shape index (κ1) is 12.0. The van der Waals surface area contributed by atoms with Gasteiger partial charge in [-0.3, -0.25) is 0 Å². The van der Waals surface area contributed by atoms with Gasteiger partial charge in [-0.25, -0.2) is 0 Å². The molecule has 0 rings (SSSR count). The minimum atomic E-state index is 0. The van der Waals surface area contributed by atoms with Crippen LogP contribution in [0.25, 0.3) is 0 Å². The van der Waals surface area contributed by atoms with Crippen LogP contribution in [-0.2, 0) is 0 Å². The summed E-state index contributed by atoms with van der Waals surface area (Å²) in [7, 11) is 0. The lowest BCUT2D eigenvalue weighted by Crippen LogP contribution is -2.33. The summed E-state index contributed by atoms with van der Waals surface area (Å²) in [5, 5.41) is 0. The molecular formula is C7H18ClN. The Kier molecular flexibility index (Phi) is 5.49. The highest BCUT2D eigenvalue weighted by Crippen LogP contribution is 2.22. The van der Waals surface area contributed by atoms with Gasteiger partial charge in [0.2, 0.25) is 0 Å². The zero-order valence-corrected chi connectivity index (χ0v) is 7.59. The molecular weight excluding hydrogens is 134 g/mol. The normalized spacial score (nSPS) is 14.3. The Bertz CT molecular complexity index is 69.3. The van der Waals surface area contributed by atoms with Crippen molar-refractivity contribution in [2.45, 2.75) is 40.2 Å². The minimum Gasteiger partial charge on any atom is -0.327 e.